The molecule has 0 aromatic heterocycles. The van der Waals surface area contributed by atoms with Crippen LogP contribution in [0, 0.1) is 10.1 Å². The Balaban J connectivity index is 1.79. The van der Waals surface area contributed by atoms with Crippen LogP contribution in [-0.4, -0.2) is 52.7 Å². The summed E-state index contributed by atoms with van der Waals surface area (Å²) in [6, 6.07) is 11.8. The monoisotopic (exact) mass is 426 g/mol. The Bertz CT molecular complexity index is 1020. The first-order valence-corrected chi connectivity index (χ1v) is 10.1. The molecule has 0 aliphatic carbocycles. The first-order chi connectivity index (χ1) is 14.3. The molecule has 3 rings (SSSR count). The summed E-state index contributed by atoms with van der Waals surface area (Å²) in [6.07, 6.45) is 0. The van der Waals surface area contributed by atoms with Gasteiger partial charge in [-0.25, -0.2) is 0 Å². The van der Waals surface area contributed by atoms with Gasteiger partial charge in [-0.15, -0.1) is 0 Å². The van der Waals surface area contributed by atoms with E-state index in [0.29, 0.717) is 47.2 Å². The van der Waals surface area contributed by atoms with Gasteiger partial charge < -0.3 is 15.5 Å². The number of piperazine rings is 1. The summed E-state index contributed by atoms with van der Waals surface area (Å²) in [5.41, 5.74) is 6.94. The average Bonchev–Trinajstić information content (AvgIpc) is 2.74. The SMILES string of the molecule is C=C(C(=O)N1CCN(C(C)=O)CC1)c1ccc(Sc2ccccc2N)c([N+](=O)[O-])c1. The predicted octanol–water partition coefficient (Wildman–Crippen LogP) is 3.03. The van der Waals surface area contributed by atoms with Gasteiger partial charge in [0.05, 0.1) is 9.82 Å². The highest BCUT2D eigenvalue weighted by Gasteiger charge is 2.26. The van der Waals surface area contributed by atoms with Gasteiger partial charge in [0.15, 0.2) is 0 Å². The predicted molar refractivity (Wildman–Crippen MR) is 116 cm³/mol. The Kier molecular flexibility index (Phi) is 6.41. The Morgan fingerprint density at radius 1 is 1.07 bits per heavy atom. The van der Waals surface area contributed by atoms with Crippen molar-refractivity contribution in [3.05, 3.63) is 64.7 Å². The summed E-state index contributed by atoms with van der Waals surface area (Å²) in [5, 5.41) is 11.6. The second-order valence-electron chi connectivity index (χ2n) is 6.86. The number of rotatable bonds is 5. The number of nitro benzene ring substituents is 1. The maximum absolute atomic E-state index is 12.8. The van der Waals surface area contributed by atoms with E-state index in [1.807, 2.05) is 6.07 Å². The molecule has 8 nitrogen and oxygen atoms in total. The number of nitrogens with two attached hydrogens (primary N) is 1. The molecule has 2 aromatic carbocycles. The van der Waals surface area contributed by atoms with E-state index < -0.39 is 4.92 Å². The fraction of sp³-hybridized carbons (Fsp3) is 0.238. The van der Waals surface area contributed by atoms with E-state index in [-0.39, 0.29) is 23.1 Å². The third-order valence-corrected chi connectivity index (χ3v) is 6.07. The van der Waals surface area contributed by atoms with Crippen molar-refractivity contribution in [3.8, 4) is 0 Å². The number of hydrogen-bond donors (Lipinski definition) is 1. The minimum atomic E-state index is -0.478. The molecular weight excluding hydrogens is 404 g/mol. The zero-order valence-electron chi connectivity index (χ0n) is 16.5. The first kappa shape index (κ1) is 21.4. The standard InChI is InChI=1S/C21H22N4O4S/c1-14(21(27)24-11-9-23(10-12-24)15(2)26)16-7-8-20(18(13-16)25(28)29)30-19-6-4-3-5-17(19)22/h3-8,13H,1,9-12,22H2,2H3. The van der Waals surface area contributed by atoms with Crippen molar-refractivity contribution in [1.29, 1.82) is 0 Å². The molecule has 1 saturated heterocycles. The molecule has 0 saturated carbocycles. The zero-order chi connectivity index (χ0) is 21.8. The lowest BCUT2D eigenvalue weighted by Gasteiger charge is -2.34. The van der Waals surface area contributed by atoms with E-state index in [2.05, 4.69) is 6.58 Å². The molecule has 156 valence electrons. The molecule has 0 unspecified atom stereocenters. The minimum Gasteiger partial charge on any atom is -0.398 e. The lowest BCUT2D eigenvalue weighted by molar-refractivity contribution is -0.387. The molecule has 1 fully saturated rings. The third kappa shape index (κ3) is 4.62. The highest BCUT2D eigenvalue weighted by Crippen LogP contribution is 2.38. The molecule has 1 heterocycles. The number of nitrogens with zero attached hydrogens (tertiary/aromatic N) is 3. The van der Waals surface area contributed by atoms with Crippen molar-refractivity contribution in [2.24, 2.45) is 0 Å². The minimum absolute atomic E-state index is 0.0244. The molecular formula is C21H22N4O4S. The van der Waals surface area contributed by atoms with Gasteiger partial charge in [-0.2, -0.15) is 0 Å². The van der Waals surface area contributed by atoms with Gasteiger partial charge in [0.25, 0.3) is 11.6 Å². The van der Waals surface area contributed by atoms with E-state index >= 15 is 0 Å². The summed E-state index contributed by atoms with van der Waals surface area (Å²) >= 11 is 1.20. The number of benzene rings is 2. The summed E-state index contributed by atoms with van der Waals surface area (Å²) in [7, 11) is 0. The second-order valence-corrected chi connectivity index (χ2v) is 7.94. The number of para-hydroxylation sites is 1. The lowest BCUT2D eigenvalue weighted by atomic mass is 10.1. The van der Waals surface area contributed by atoms with Crippen molar-refractivity contribution in [2.75, 3.05) is 31.9 Å². The second kappa shape index (κ2) is 9.00. The van der Waals surface area contributed by atoms with E-state index in [4.69, 9.17) is 5.73 Å². The van der Waals surface area contributed by atoms with Crippen LogP contribution in [0.15, 0.2) is 58.8 Å². The topological polar surface area (TPSA) is 110 Å². The van der Waals surface area contributed by atoms with E-state index in [0.717, 1.165) is 0 Å². The summed E-state index contributed by atoms with van der Waals surface area (Å²) in [6.45, 7) is 7.09. The van der Waals surface area contributed by atoms with Crippen LogP contribution in [0.25, 0.3) is 5.57 Å². The van der Waals surface area contributed by atoms with Crippen molar-refractivity contribution >= 4 is 40.5 Å². The fourth-order valence-electron chi connectivity index (χ4n) is 3.16. The van der Waals surface area contributed by atoms with Gasteiger partial charge >= 0.3 is 0 Å². The van der Waals surface area contributed by atoms with Crippen molar-refractivity contribution in [1.82, 2.24) is 9.80 Å². The third-order valence-electron chi connectivity index (χ3n) is 4.91. The van der Waals surface area contributed by atoms with Gasteiger partial charge in [-0.3, -0.25) is 19.7 Å². The van der Waals surface area contributed by atoms with Gasteiger partial charge in [-0.1, -0.05) is 36.5 Å². The quantitative estimate of drug-likeness (QED) is 0.341. The zero-order valence-corrected chi connectivity index (χ0v) is 17.4. The van der Waals surface area contributed by atoms with Crippen LogP contribution in [0.4, 0.5) is 11.4 Å². The lowest BCUT2D eigenvalue weighted by Crippen LogP contribution is -2.50. The molecule has 0 bridgehead atoms. The highest BCUT2D eigenvalue weighted by atomic mass is 32.2. The summed E-state index contributed by atoms with van der Waals surface area (Å²) < 4.78 is 0. The van der Waals surface area contributed by atoms with Gasteiger partial charge in [0.1, 0.15) is 0 Å². The van der Waals surface area contributed by atoms with Crippen molar-refractivity contribution < 1.29 is 14.5 Å². The van der Waals surface area contributed by atoms with Crippen molar-refractivity contribution in [3.63, 3.8) is 0 Å². The van der Waals surface area contributed by atoms with Crippen LogP contribution < -0.4 is 5.73 Å². The molecule has 30 heavy (non-hydrogen) atoms. The number of carbonyl (C=O) groups is 2. The van der Waals surface area contributed by atoms with Gasteiger partial charge in [0.2, 0.25) is 5.91 Å². The maximum Gasteiger partial charge on any atom is 0.283 e. The van der Waals surface area contributed by atoms with Crippen LogP contribution in [0.1, 0.15) is 12.5 Å². The molecule has 2 amide bonds. The van der Waals surface area contributed by atoms with Crippen LogP contribution >= 0.6 is 11.8 Å². The Hall–Kier alpha value is -3.33. The van der Waals surface area contributed by atoms with Gasteiger partial charge in [0, 0.05) is 55.3 Å². The summed E-state index contributed by atoms with van der Waals surface area (Å²) in [5.74, 6) is -0.316. The number of hydrogen-bond acceptors (Lipinski definition) is 6. The number of anilines is 1. The molecule has 1 aliphatic rings. The Morgan fingerprint density at radius 2 is 1.70 bits per heavy atom. The highest BCUT2D eigenvalue weighted by molar-refractivity contribution is 7.99. The normalized spacial score (nSPS) is 13.8. The van der Waals surface area contributed by atoms with Crippen LogP contribution in [0.3, 0.4) is 0 Å². The van der Waals surface area contributed by atoms with E-state index in [1.165, 1.54) is 24.8 Å². The summed E-state index contributed by atoms with van der Waals surface area (Å²) in [4.78, 5) is 39.9. The number of carbonyl (C=O) groups excluding carboxylic acids is 2. The van der Waals surface area contributed by atoms with Crippen molar-refractivity contribution in [2.45, 2.75) is 16.7 Å². The molecule has 9 heteroatoms. The molecule has 2 N–H and O–H groups in total. The van der Waals surface area contributed by atoms with E-state index in [1.54, 1.807) is 40.1 Å². The molecule has 1 aliphatic heterocycles. The Morgan fingerprint density at radius 3 is 2.30 bits per heavy atom. The Labute approximate surface area is 178 Å². The number of nitro groups is 1. The number of nitrogen functional groups attached to an aromatic ring is 1. The van der Waals surface area contributed by atoms with E-state index in [9.17, 15) is 19.7 Å². The molecule has 0 spiro atoms. The van der Waals surface area contributed by atoms with Crippen LogP contribution in [-0.2, 0) is 9.59 Å². The maximum atomic E-state index is 12.8. The number of amides is 2. The fourth-order valence-corrected chi connectivity index (χ4v) is 4.11. The van der Waals surface area contributed by atoms with Gasteiger partial charge in [-0.05, 0) is 23.8 Å². The largest absolute Gasteiger partial charge is 0.398 e. The van der Waals surface area contributed by atoms with Crippen LogP contribution in [0.5, 0.6) is 0 Å². The first-order valence-electron chi connectivity index (χ1n) is 9.32. The van der Waals surface area contributed by atoms with Crippen LogP contribution in [0.2, 0.25) is 0 Å². The molecule has 0 radical (unpaired) electrons. The smallest absolute Gasteiger partial charge is 0.283 e. The molecule has 0 atom stereocenters. The average molecular weight is 426 g/mol. The molecule has 2 aromatic rings.